The minimum Gasteiger partial charge on any atom is -0.296 e. The van der Waals surface area contributed by atoms with Crippen LogP contribution in [0.1, 0.15) is 35.6 Å². The third-order valence-corrected chi connectivity index (χ3v) is 3.66. The van der Waals surface area contributed by atoms with Crippen molar-refractivity contribution in [3.05, 3.63) is 57.8 Å². The number of imidazole rings is 1. The van der Waals surface area contributed by atoms with Crippen LogP contribution in [0.3, 0.4) is 0 Å². The molecule has 1 saturated carbocycles. The van der Waals surface area contributed by atoms with E-state index in [1.54, 1.807) is 4.57 Å². The summed E-state index contributed by atoms with van der Waals surface area (Å²) < 4.78 is 3.67. The lowest BCUT2D eigenvalue weighted by Gasteiger charge is -2.07. The minimum atomic E-state index is 0.124. The van der Waals surface area contributed by atoms with Crippen molar-refractivity contribution < 1.29 is 0 Å². The molecule has 0 aliphatic heterocycles. The van der Waals surface area contributed by atoms with Gasteiger partial charge in [-0.05, 0) is 37.8 Å². The van der Waals surface area contributed by atoms with E-state index in [1.165, 1.54) is 16.7 Å². The van der Waals surface area contributed by atoms with Gasteiger partial charge in [-0.25, -0.2) is 4.79 Å². The van der Waals surface area contributed by atoms with E-state index in [0.717, 1.165) is 12.8 Å². The first-order valence-electron chi connectivity index (χ1n) is 6.48. The molecule has 3 nitrogen and oxygen atoms in total. The van der Waals surface area contributed by atoms with Crippen LogP contribution in [0.5, 0.6) is 0 Å². The van der Waals surface area contributed by atoms with Crippen molar-refractivity contribution in [1.29, 1.82) is 0 Å². The number of hydrogen-bond acceptors (Lipinski definition) is 1. The summed E-state index contributed by atoms with van der Waals surface area (Å²) >= 11 is 0. The molecule has 0 amide bonds. The van der Waals surface area contributed by atoms with Crippen LogP contribution in [0, 0.1) is 13.8 Å². The van der Waals surface area contributed by atoms with Crippen LogP contribution < -0.4 is 5.69 Å². The number of rotatable bonds is 3. The van der Waals surface area contributed by atoms with E-state index < -0.39 is 0 Å². The Kier molecular flexibility index (Phi) is 2.62. The smallest absolute Gasteiger partial charge is 0.296 e. The fourth-order valence-electron chi connectivity index (χ4n) is 2.33. The van der Waals surface area contributed by atoms with Crippen molar-refractivity contribution in [3.63, 3.8) is 0 Å². The highest BCUT2D eigenvalue weighted by Gasteiger charge is 2.25. The van der Waals surface area contributed by atoms with Crippen molar-refractivity contribution in [2.75, 3.05) is 0 Å². The van der Waals surface area contributed by atoms with E-state index in [1.807, 2.05) is 17.0 Å². The normalized spacial score (nSPS) is 15.0. The zero-order valence-corrected chi connectivity index (χ0v) is 10.9. The molecular formula is C15H18N2O. The third-order valence-electron chi connectivity index (χ3n) is 3.66. The molecule has 0 atom stereocenters. The molecule has 1 fully saturated rings. The average Bonchev–Trinajstić information content (AvgIpc) is 3.11. The fraction of sp³-hybridized carbons (Fsp3) is 0.400. The number of aryl methyl sites for hydroxylation is 2. The molecule has 0 saturated heterocycles. The summed E-state index contributed by atoms with van der Waals surface area (Å²) in [4.78, 5) is 12.2. The Bertz CT molecular complexity index is 632. The van der Waals surface area contributed by atoms with Gasteiger partial charge >= 0.3 is 5.69 Å². The summed E-state index contributed by atoms with van der Waals surface area (Å²) in [6.07, 6.45) is 6.12. The van der Waals surface area contributed by atoms with Gasteiger partial charge in [-0.2, -0.15) is 0 Å². The first-order chi connectivity index (χ1) is 8.65. The van der Waals surface area contributed by atoms with Crippen molar-refractivity contribution in [3.8, 4) is 0 Å². The van der Waals surface area contributed by atoms with Gasteiger partial charge in [0.05, 0.1) is 6.54 Å². The molecule has 0 spiro atoms. The van der Waals surface area contributed by atoms with Gasteiger partial charge in [0.2, 0.25) is 0 Å². The first-order valence-corrected chi connectivity index (χ1v) is 6.48. The second-order valence-electron chi connectivity index (χ2n) is 5.28. The van der Waals surface area contributed by atoms with Gasteiger partial charge in [0, 0.05) is 18.4 Å². The predicted octanol–water partition coefficient (Wildman–Crippen LogP) is 2.65. The van der Waals surface area contributed by atoms with E-state index in [4.69, 9.17) is 0 Å². The zero-order valence-electron chi connectivity index (χ0n) is 10.9. The molecule has 0 unspecified atom stereocenters. The van der Waals surface area contributed by atoms with Gasteiger partial charge in [0.1, 0.15) is 0 Å². The Morgan fingerprint density at radius 2 is 2.00 bits per heavy atom. The lowest BCUT2D eigenvalue weighted by atomic mass is 10.1. The summed E-state index contributed by atoms with van der Waals surface area (Å²) in [5.74, 6) is 0. The Balaban J connectivity index is 1.92. The summed E-state index contributed by atoms with van der Waals surface area (Å²) in [7, 11) is 0. The maximum Gasteiger partial charge on any atom is 0.328 e. The first kappa shape index (κ1) is 11.3. The highest BCUT2D eigenvalue weighted by Crippen LogP contribution is 2.33. The molecule has 1 aliphatic rings. The van der Waals surface area contributed by atoms with Gasteiger partial charge in [-0.15, -0.1) is 0 Å². The van der Waals surface area contributed by atoms with Crippen molar-refractivity contribution >= 4 is 0 Å². The molecule has 0 N–H and O–H groups in total. The van der Waals surface area contributed by atoms with Gasteiger partial charge in [-0.3, -0.25) is 9.13 Å². The van der Waals surface area contributed by atoms with Crippen molar-refractivity contribution in [2.45, 2.75) is 39.3 Å². The molecular weight excluding hydrogens is 224 g/mol. The summed E-state index contributed by atoms with van der Waals surface area (Å²) in [6, 6.07) is 6.85. The Labute approximate surface area is 107 Å². The van der Waals surface area contributed by atoms with E-state index in [2.05, 4.69) is 32.0 Å². The number of hydrogen-bond donors (Lipinski definition) is 0. The quantitative estimate of drug-likeness (QED) is 0.813. The lowest BCUT2D eigenvalue weighted by Crippen LogP contribution is -2.24. The molecule has 0 radical (unpaired) electrons. The molecule has 94 valence electrons. The molecule has 1 aliphatic carbocycles. The summed E-state index contributed by atoms with van der Waals surface area (Å²) in [5.41, 5.74) is 3.83. The van der Waals surface area contributed by atoms with Gasteiger partial charge in [0.15, 0.2) is 0 Å². The number of nitrogens with zero attached hydrogens (tertiary/aromatic N) is 2. The van der Waals surface area contributed by atoms with E-state index in [-0.39, 0.29) is 5.69 Å². The lowest BCUT2D eigenvalue weighted by molar-refractivity contribution is 0.655. The second kappa shape index (κ2) is 4.16. The largest absolute Gasteiger partial charge is 0.328 e. The topological polar surface area (TPSA) is 26.9 Å². The highest BCUT2D eigenvalue weighted by molar-refractivity contribution is 5.30. The van der Waals surface area contributed by atoms with Crippen LogP contribution >= 0.6 is 0 Å². The fourth-order valence-corrected chi connectivity index (χ4v) is 2.33. The van der Waals surface area contributed by atoms with Crippen LogP contribution in [0.2, 0.25) is 0 Å². The molecule has 18 heavy (non-hydrogen) atoms. The molecule has 0 bridgehead atoms. The van der Waals surface area contributed by atoms with Crippen LogP contribution in [-0.4, -0.2) is 9.13 Å². The summed E-state index contributed by atoms with van der Waals surface area (Å²) in [5, 5.41) is 0. The summed E-state index contributed by atoms with van der Waals surface area (Å²) in [6.45, 7) is 4.85. The standard InChI is InChI=1S/C15H18N2O/c1-11-3-4-12(2)13(9-11)10-16-7-8-17(15(16)18)14-5-6-14/h3-4,7-9,14H,5-6,10H2,1-2H3. The van der Waals surface area contributed by atoms with Crippen LogP contribution in [0.4, 0.5) is 0 Å². The minimum absolute atomic E-state index is 0.124. The highest BCUT2D eigenvalue weighted by atomic mass is 16.1. The van der Waals surface area contributed by atoms with Crippen molar-refractivity contribution in [1.82, 2.24) is 9.13 Å². The van der Waals surface area contributed by atoms with Gasteiger partial charge in [-0.1, -0.05) is 23.8 Å². The number of aromatic nitrogens is 2. The molecule has 3 rings (SSSR count). The molecule has 1 aromatic heterocycles. The van der Waals surface area contributed by atoms with Crippen molar-refractivity contribution in [2.24, 2.45) is 0 Å². The molecule has 1 heterocycles. The third kappa shape index (κ3) is 2.01. The number of benzene rings is 1. The average molecular weight is 242 g/mol. The van der Waals surface area contributed by atoms with E-state index >= 15 is 0 Å². The monoisotopic (exact) mass is 242 g/mol. The van der Waals surface area contributed by atoms with Gasteiger partial charge in [0.25, 0.3) is 0 Å². The molecule has 3 heteroatoms. The van der Waals surface area contributed by atoms with Gasteiger partial charge < -0.3 is 0 Å². The molecule has 1 aromatic carbocycles. The Hall–Kier alpha value is -1.77. The Morgan fingerprint density at radius 1 is 1.22 bits per heavy atom. The van der Waals surface area contributed by atoms with Crippen LogP contribution in [-0.2, 0) is 6.54 Å². The van der Waals surface area contributed by atoms with E-state index in [0.29, 0.717) is 12.6 Å². The predicted molar refractivity (Wildman–Crippen MR) is 72.0 cm³/mol. The molecule has 2 aromatic rings. The zero-order chi connectivity index (χ0) is 12.7. The van der Waals surface area contributed by atoms with Crippen LogP contribution in [0.25, 0.3) is 0 Å². The second-order valence-corrected chi connectivity index (χ2v) is 5.28. The Morgan fingerprint density at radius 3 is 2.72 bits per heavy atom. The van der Waals surface area contributed by atoms with E-state index in [9.17, 15) is 4.79 Å². The van der Waals surface area contributed by atoms with Crippen LogP contribution in [0.15, 0.2) is 35.4 Å². The maximum absolute atomic E-state index is 12.2. The SMILES string of the molecule is Cc1ccc(C)c(Cn2ccn(C3CC3)c2=O)c1. The maximum atomic E-state index is 12.2.